The Bertz CT molecular complexity index is 1130. The molecule has 0 bridgehead atoms. The van der Waals surface area contributed by atoms with Gasteiger partial charge in [-0.1, -0.05) is 172 Å². The molecule has 0 radical (unpaired) electrons. The van der Waals surface area contributed by atoms with Crippen LogP contribution in [0.2, 0.25) is 0 Å². The highest BCUT2D eigenvalue weighted by Crippen LogP contribution is 2.37. The summed E-state index contributed by atoms with van der Waals surface area (Å²) in [7, 11) is -0.0833. The summed E-state index contributed by atoms with van der Waals surface area (Å²) in [5.74, 6) is 0. The molecule has 0 nitrogen and oxygen atoms in total. The van der Waals surface area contributed by atoms with Gasteiger partial charge in [0, 0.05) is 4.40 Å². The Morgan fingerprint density at radius 1 is 0.353 bits per heavy atom. The molecule has 0 saturated heterocycles. The second-order valence-electron chi connectivity index (χ2n) is 8.81. The van der Waals surface area contributed by atoms with Crippen LogP contribution >= 0.6 is 9.24 Å². The van der Waals surface area contributed by atoms with E-state index in [0.29, 0.717) is 0 Å². The average Bonchev–Trinajstić information content (AvgIpc) is 2.92. The van der Waals surface area contributed by atoms with Crippen molar-refractivity contribution in [1.82, 2.24) is 0 Å². The molecule has 34 heavy (non-hydrogen) atoms. The predicted molar refractivity (Wildman–Crippen MR) is 156 cm³/mol. The Balaban J connectivity index is 1.85. The van der Waals surface area contributed by atoms with Gasteiger partial charge in [0.25, 0.3) is 0 Å². The van der Waals surface area contributed by atoms with Gasteiger partial charge in [-0.2, -0.15) is 0 Å². The fraction of sp³-hybridized carbons (Fsp3) is 0.0323. The Hall–Kier alpha value is -3.04. The fourth-order valence-corrected chi connectivity index (χ4v) is 17.9. The Morgan fingerprint density at radius 2 is 0.588 bits per heavy atom. The predicted octanol–water partition coefficient (Wildman–Crippen LogP) is 3.92. The van der Waals surface area contributed by atoms with Crippen molar-refractivity contribution >= 4 is 47.6 Å². The van der Waals surface area contributed by atoms with Crippen LogP contribution in [0.3, 0.4) is 0 Å². The van der Waals surface area contributed by atoms with Crippen molar-refractivity contribution in [2.45, 2.75) is 4.40 Å². The van der Waals surface area contributed by atoms with Crippen molar-refractivity contribution in [2.75, 3.05) is 0 Å². The van der Waals surface area contributed by atoms with Crippen LogP contribution in [-0.2, 0) is 4.40 Å². The summed E-state index contributed by atoms with van der Waals surface area (Å²) in [5.41, 5.74) is 1.42. The highest BCUT2D eigenvalue weighted by atomic mass is 31.0. The highest BCUT2D eigenvalue weighted by Gasteiger charge is 2.47. The van der Waals surface area contributed by atoms with Crippen LogP contribution < -0.4 is 20.7 Å². The molecule has 0 N–H and O–H groups in total. The van der Waals surface area contributed by atoms with Gasteiger partial charge in [-0.15, -0.1) is 9.24 Å². The first kappa shape index (κ1) is 22.7. The van der Waals surface area contributed by atoms with E-state index in [0.717, 1.165) is 0 Å². The second-order valence-corrected chi connectivity index (χ2v) is 18.1. The molecule has 1 atom stereocenters. The fourth-order valence-electron chi connectivity index (χ4n) is 5.30. The highest BCUT2D eigenvalue weighted by molar-refractivity contribution is 7.36. The van der Waals surface area contributed by atoms with E-state index in [2.05, 4.69) is 161 Å². The summed E-state index contributed by atoms with van der Waals surface area (Å²) >= 11 is 0. The zero-order valence-corrected chi connectivity index (χ0v) is 22.6. The largest absolute Gasteiger partial charge is 0.131 e. The molecular formula is C31H29PSi2. The van der Waals surface area contributed by atoms with Gasteiger partial charge < -0.3 is 0 Å². The molecule has 5 aromatic carbocycles. The maximum Gasteiger partial charge on any atom is 0.114 e. The van der Waals surface area contributed by atoms with Crippen LogP contribution in [0.4, 0.5) is 0 Å². The van der Waals surface area contributed by atoms with Gasteiger partial charge in [0.15, 0.2) is 0 Å². The van der Waals surface area contributed by atoms with E-state index in [9.17, 15) is 0 Å². The van der Waals surface area contributed by atoms with E-state index in [1.807, 2.05) is 0 Å². The number of hydrogen-bond donors (Lipinski definition) is 0. The third-order valence-electron chi connectivity index (χ3n) is 6.76. The zero-order chi connectivity index (χ0) is 23.2. The third kappa shape index (κ3) is 4.50. The van der Waals surface area contributed by atoms with Crippen LogP contribution in [0.1, 0.15) is 5.56 Å². The molecule has 0 aliphatic heterocycles. The number of benzene rings is 5. The minimum atomic E-state index is -1.78. The molecule has 0 aliphatic rings. The molecule has 0 fully saturated rings. The first-order valence-electron chi connectivity index (χ1n) is 11.8. The lowest BCUT2D eigenvalue weighted by Crippen LogP contribution is -2.68. The van der Waals surface area contributed by atoms with E-state index in [1.165, 1.54) is 26.3 Å². The SMILES string of the molecule is PC(c1ccccc1)([SiH](c1ccccc1)c1ccccc1)[SiH](c1ccccc1)c1ccccc1. The summed E-state index contributed by atoms with van der Waals surface area (Å²) in [6.45, 7) is 0. The molecule has 0 saturated carbocycles. The topological polar surface area (TPSA) is 0 Å². The smallest absolute Gasteiger partial charge is 0.114 e. The quantitative estimate of drug-likeness (QED) is 0.241. The van der Waals surface area contributed by atoms with Gasteiger partial charge in [0.2, 0.25) is 0 Å². The Labute approximate surface area is 208 Å². The normalized spacial score (nSPS) is 11.6. The molecule has 0 aromatic heterocycles. The van der Waals surface area contributed by atoms with Gasteiger partial charge in [-0.25, -0.2) is 0 Å². The molecular weight excluding hydrogens is 459 g/mol. The van der Waals surface area contributed by atoms with Gasteiger partial charge in [-0.3, -0.25) is 0 Å². The van der Waals surface area contributed by atoms with Gasteiger partial charge in [-0.05, 0) is 5.56 Å². The molecule has 0 aliphatic carbocycles. The molecule has 1 unspecified atom stereocenters. The van der Waals surface area contributed by atoms with Gasteiger partial charge in [0.1, 0.15) is 17.6 Å². The summed E-state index contributed by atoms with van der Waals surface area (Å²) in [6, 6.07) is 56.3. The molecule has 5 rings (SSSR count). The molecule has 0 heterocycles. The van der Waals surface area contributed by atoms with Crippen molar-refractivity contribution in [1.29, 1.82) is 0 Å². The summed E-state index contributed by atoms with van der Waals surface area (Å²) < 4.78 is -0.0628. The summed E-state index contributed by atoms with van der Waals surface area (Å²) in [6.07, 6.45) is 0. The van der Waals surface area contributed by atoms with Crippen LogP contribution in [0.5, 0.6) is 0 Å². The van der Waals surface area contributed by atoms with Crippen LogP contribution in [0.25, 0.3) is 0 Å². The van der Waals surface area contributed by atoms with Crippen molar-refractivity contribution in [3.05, 3.63) is 157 Å². The molecule has 0 amide bonds. The molecule has 3 heteroatoms. The standard InChI is InChI=1S/C31H29PSi2/c32-31(26-16-6-1-7-17-26,33(27-18-8-2-9-19-27)28-20-10-3-11-21-28)34(29-22-12-4-13-23-29)30-24-14-5-15-25-30/h1-25,33-34H,32H2. The van der Waals surface area contributed by atoms with Crippen LogP contribution in [-0.4, -0.2) is 17.6 Å². The molecule has 5 aromatic rings. The Kier molecular flexibility index (Phi) is 7.01. The number of hydrogen-bond acceptors (Lipinski definition) is 0. The summed E-state index contributed by atoms with van der Waals surface area (Å²) in [5, 5.41) is 5.93. The molecule has 0 spiro atoms. The summed E-state index contributed by atoms with van der Waals surface area (Å²) in [4.78, 5) is 0. The minimum Gasteiger partial charge on any atom is -0.131 e. The first-order chi connectivity index (χ1) is 16.8. The number of rotatable bonds is 7. The Morgan fingerprint density at radius 3 is 0.853 bits per heavy atom. The van der Waals surface area contributed by atoms with E-state index in [4.69, 9.17) is 0 Å². The van der Waals surface area contributed by atoms with Crippen molar-refractivity contribution in [2.24, 2.45) is 0 Å². The van der Waals surface area contributed by atoms with E-state index in [1.54, 1.807) is 0 Å². The lowest BCUT2D eigenvalue weighted by Gasteiger charge is -2.44. The lowest BCUT2D eigenvalue weighted by atomic mass is 10.2. The van der Waals surface area contributed by atoms with Crippen LogP contribution in [0, 0.1) is 0 Å². The van der Waals surface area contributed by atoms with E-state index in [-0.39, 0.29) is 4.40 Å². The monoisotopic (exact) mass is 488 g/mol. The average molecular weight is 489 g/mol. The molecule has 166 valence electrons. The minimum absolute atomic E-state index is 0.0628. The zero-order valence-electron chi connectivity index (χ0n) is 19.2. The van der Waals surface area contributed by atoms with Crippen molar-refractivity contribution < 1.29 is 0 Å². The van der Waals surface area contributed by atoms with Crippen molar-refractivity contribution in [3.8, 4) is 0 Å². The third-order valence-corrected chi connectivity index (χ3v) is 17.9. The van der Waals surface area contributed by atoms with Crippen LogP contribution in [0.15, 0.2) is 152 Å². The van der Waals surface area contributed by atoms with Crippen molar-refractivity contribution in [3.63, 3.8) is 0 Å². The second kappa shape index (κ2) is 10.5. The maximum absolute atomic E-state index is 3.48. The van der Waals surface area contributed by atoms with E-state index < -0.39 is 17.6 Å². The van der Waals surface area contributed by atoms with E-state index >= 15 is 0 Å². The van der Waals surface area contributed by atoms with Gasteiger partial charge >= 0.3 is 0 Å². The lowest BCUT2D eigenvalue weighted by molar-refractivity contribution is 1.20. The maximum atomic E-state index is 3.48. The van der Waals surface area contributed by atoms with Gasteiger partial charge in [0.05, 0.1) is 0 Å². The first-order valence-corrected chi connectivity index (χ1v) is 15.9.